The first-order chi connectivity index (χ1) is 18.2. The molecule has 38 heavy (non-hydrogen) atoms. The van der Waals surface area contributed by atoms with Gasteiger partial charge >= 0.3 is 5.97 Å². The number of carbonyl (C=O) groups excluding carboxylic acids is 1. The number of sulfonamides is 1. The average Bonchev–Trinajstić information content (AvgIpc) is 3.66. The maximum atomic E-state index is 14.5. The average molecular weight is 583 g/mol. The lowest BCUT2D eigenvalue weighted by Crippen LogP contribution is -2.43. The summed E-state index contributed by atoms with van der Waals surface area (Å²) < 4.78 is 60.7. The van der Waals surface area contributed by atoms with Gasteiger partial charge in [0.15, 0.2) is 22.5 Å². The first-order valence-corrected chi connectivity index (χ1v) is 14.1. The number of amidine groups is 1. The number of rotatable bonds is 6. The highest BCUT2D eigenvalue weighted by Crippen LogP contribution is 2.41. The molecule has 0 aliphatic carbocycles. The van der Waals surface area contributed by atoms with Crippen LogP contribution >= 0.6 is 22.9 Å². The van der Waals surface area contributed by atoms with Crippen molar-refractivity contribution in [3.63, 3.8) is 0 Å². The van der Waals surface area contributed by atoms with Gasteiger partial charge in [-0.1, -0.05) is 17.7 Å². The van der Waals surface area contributed by atoms with Gasteiger partial charge in [-0.3, -0.25) is 10.1 Å². The number of piperidine rings is 1. The van der Waals surface area contributed by atoms with Crippen LogP contribution in [0.2, 0.25) is 5.02 Å². The molecule has 2 aliphatic rings. The number of esters is 1. The SMILES string of the molecule is COC(=O)C1=C(C2CCN(S(=O)(=O)c3cn[nH]c3)CC2)NC(c2nccs2)=N[C@@H]1c1ccc(F)c(F)c1Cl. The van der Waals surface area contributed by atoms with Crippen molar-refractivity contribution in [1.82, 2.24) is 24.8 Å². The number of aromatic nitrogens is 3. The number of halogens is 3. The molecular weight excluding hydrogens is 562 g/mol. The Kier molecular flexibility index (Phi) is 7.31. The highest BCUT2D eigenvalue weighted by atomic mass is 35.5. The number of ether oxygens (including phenoxy) is 1. The normalized spacial score (nSPS) is 19.3. The van der Waals surface area contributed by atoms with Crippen LogP contribution in [0.3, 0.4) is 0 Å². The van der Waals surface area contributed by atoms with E-state index in [0.717, 1.165) is 6.07 Å². The standard InChI is InChI=1S/C23H21ClF2N6O4S2/c1-36-23(33)16-19(12-4-7-32(8-5-12)38(34,35)13-10-28-29-11-13)30-21(22-27-6-9-37-22)31-20(16)14-2-3-15(25)18(26)17(14)24/h2-3,6,9-12,20H,4-5,7-8H2,1H3,(H,28,29)(H,30,31)/t20-/m1/s1. The fourth-order valence-electron chi connectivity index (χ4n) is 4.56. The van der Waals surface area contributed by atoms with Crippen LogP contribution in [-0.4, -0.2) is 59.9 Å². The van der Waals surface area contributed by atoms with Crippen LogP contribution in [0.1, 0.15) is 29.5 Å². The van der Waals surface area contributed by atoms with Crippen molar-refractivity contribution < 1.29 is 26.7 Å². The number of methoxy groups -OCH3 is 1. The summed E-state index contributed by atoms with van der Waals surface area (Å²) in [5, 5.41) is 11.2. The summed E-state index contributed by atoms with van der Waals surface area (Å²) in [4.78, 5) is 22.1. The summed E-state index contributed by atoms with van der Waals surface area (Å²) >= 11 is 7.49. The third-order valence-corrected chi connectivity index (χ3v) is 9.48. The number of hydrogen-bond donors (Lipinski definition) is 2. The molecule has 0 spiro atoms. The van der Waals surface area contributed by atoms with Crippen LogP contribution in [0.4, 0.5) is 8.78 Å². The fraction of sp³-hybridized carbons (Fsp3) is 0.304. The van der Waals surface area contributed by atoms with Crippen molar-refractivity contribution in [3.05, 3.63) is 74.6 Å². The minimum Gasteiger partial charge on any atom is -0.466 e. The molecule has 2 aromatic heterocycles. The number of allylic oxidation sites excluding steroid dienone is 1. The predicted molar refractivity (Wildman–Crippen MR) is 135 cm³/mol. The second-order valence-electron chi connectivity index (χ2n) is 8.54. The van der Waals surface area contributed by atoms with E-state index in [-0.39, 0.29) is 35.0 Å². The number of nitrogens with one attached hydrogen (secondary N) is 2. The molecule has 5 rings (SSSR count). The monoisotopic (exact) mass is 582 g/mol. The van der Waals surface area contributed by atoms with Gasteiger partial charge in [-0.05, 0) is 18.9 Å². The largest absolute Gasteiger partial charge is 0.466 e. The molecule has 0 amide bonds. The van der Waals surface area contributed by atoms with Crippen molar-refractivity contribution in [2.45, 2.75) is 23.8 Å². The molecule has 3 aromatic rings. The Labute approximate surface area is 225 Å². The predicted octanol–water partition coefficient (Wildman–Crippen LogP) is 3.42. The molecule has 0 saturated carbocycles. The van der Waals surface area contributed by atoms with E-state index in [0.29, 0.717) is 29.4 Å². The second kappa shape index (κ2) is 10.5. The molecule has 0 radical (unpaired) electrons. The smallest absolute Gasteiger partial charge is 0.338 e. The Morgan fingerprint density at radius 3 is 2.66 bits per heavy atom. The van der Waals surface area contributed by atoms with Crippen molar-refractivity contribution in [3.8, 4) is 0 Å². The van der Waals surface area contributed by atoms with E-state index in [1.165, 1.54) is 41.2 Å². The molecule has 1 saturated heterocycles. The molecule has 0 unspecified atom stereocenters. The number of aliphatic imine (C=N–C) groups is 1. The molecule has 1 fully saturated rings. The van der Waals surface area contributed by atoms with Crippen molar-refractivity contribution in [2.24, 2.45) is 10.9 Å². The lowest BCUT2D eigenvalue weighted by Gasteiger charge is -2.36. The molecule has 2 N–H and O–H groups in total. The molecule has 1 atom stereocenters. The van der Waals surface area contributed by atoms with Crippen LogP contribution in [-0.2, 0) is 19.6 Å². The fourth-order valence-corrected chi connectivity index (χ4v) is 6.78. The zero-order chi connectivity index (χ0) is 27.0. The van der Waals surface area contributed by atoms with Crippen LogP contribution in [0.25, 0.3) is 0 Å². The van der Waals surface area contributed by atoms with Crippen molar-refractivity contribution >= 4 is 44.8 Å². The minimum absolute atomic E-state index is 0.0624. The summed E-state index contributed by atoms with van der Waals surface area (Å²) in [6.45, 7) is 0.357. The number of carbonyl (C=O) groups is 1. The molecule has 200 valence electrons. The van der Waals surface area contributed by atoms with Crippen LogP contribution in [0.15, 0.2) is 57.3 Å². The van der Waals surface area contributed by atoms with Gasteiger partial charge in [0.2, 0.25) is 10.0 Å². The summed E-state index contributed by atoms with van der Waals surface area (Å²) in [6.07, 6.45) is 4.87. The Balaban J connectivity index is 1.55. The Morgan fingerprint density at radius 1 is 1.26 bits per heavy atom. The van der Waals surface area contributed by atoms with Gasteiger partial charge in [0.1, 0.15) is 10.9 Å². The number of nitrogens with zero attached hydrogens (tertiary/aromatic N) is 4. The topological polar surface area (TPSA) is 130 Å². The summed E-state index contributed by atoms with van der Waals surface area (Å²) in [5.74, 6) is -3.10. The van der Waals surface area contributed by atoms with E-state index in [4.69, 9.17) is 16.3 Å². The Bertz CT molecular complexity index is 1520. The van der Waals surface area contributed by atoms with Crippen molar-refractivity contribution in [2.75, 3.05) is 20.2 Å². The number of H-pyrrole nitrogens is 1. The van der Waals surface area contributed by atoms with Gasteiger partial charge in [0.25, 0.3) is 0 Å². The zero-order valence-electron chi connectivity index (χ0n) is 19.8. The first kappa shape index (κ1) is 26.4. The summed E-state index contributed by atoms with van der Waals surface area (Å²) in [5.41, 5.74) is 0.610. The quantitative estimate of drug-likeness (QED) is 0.336. The number of benzene rings is 1. The van der Waals surface area contributed by atoms with Gasteiger partial charge in [-0.25, -0.2) is 27.0 Å². The lowest BCUT2D eigenvalue weighted by molar-refractivity contribution is -0.136. The van der Waals surface area contributed by atoms with E-state index in [9.17, 15) is 22.0 Å². The second-order valence-corrected chi connectivity index (χ2v) is 11.7. The third-order valence-electron chi connectivity index (χ3n) is 6.45. The van der Waals surface area contributed by atoms with Gasteiger partial charge in [0, 0.05) is 48.0 Å². The van der Waals surface area contributed by atoms with E-state index in [2.05, 4.69) is 25.5 Å². The lowest BCUT2D eigenvalue weighted by atomic mass is 9.86. The van der Waals surface area contributed by atoms with Gasteiger partial charge in [-0.2, -0.15) is 9.40 Å². The van der Waals surface area contributed by atoms with E-state index in [1.54, 1.807) is 11.6 Å². The number of aromatic amines is 1. The summed E-state index contributed by atoms with van der Waals surface area (Å²) in [7, 11) is -2.53. The van der Waals surface area contributed by atoms with Gasteiger partial charge < -0.3 is 10.1 Å². The van der Waals surface area contributed by atoms with Crippen LogP contribution in [0.5, 0.6) is 0 Å². The molecule has 0 bridgehead atoms. The highest BCUT2D eigenvalue weighted by Gasteiger charge is 2.39. The van der Waals surface area contributed by atoms with Gasteiger partial charge in [-0.15, -0.1) is 11.3 Å². The molecule has 15 heteroatoms. The number of thiazole rings is 1. The van der Waals surface area contributed by atoms with Crippen molar-refractivity contribution in [1.29, 1.82) is 0 Å². The van der Waals surface area contributed by atoms with Crippen LogP contribution in [0, 0.1) is 17.6 Å². The van der Waals surface area contributed by atoms with E-state index in [1.807, 2.05) is 0 Å². The number of hydrogen-bond acceptors (Lipinski definition) is 9. The Morgan fingerprint density at radius 2 is 2.03 bits per heavy atom. The minimum atomic E-state index is -3.74. The first-order valence-electron chi connectivity index (χ1n) is 11.4. The van der Waals surface area contributed by atoms with Crippen LogP contribution < -0.4 is 5.32 Å². The molecule has 2 aliphatic heterocycles. The maximum Gasteiger partial charge on any atom is 0.338 e. The molecular formula is C23H21ClF2N6O4S2. The molecule has 4 heterocycles. The molecule has 10 nitrogen and oxygen atoms in total. The van der Waals surface area contributed by atoms with E-state index >= 15 is 0 Å². The highest BCUT2D eigenvalue weighted by molar-refractivity contribution is 7.89. The Hall–Kier alpha value is -3.20. The third kappa shape index (κ3) is 4.72. The summed E-state index contributed by atoms with van der Waals surface area (Å²) in [6, 6.07) is 1.08. The maximum absolute atomic E-state index is 14.5. The zero-order valence-corrected chi connectivity index (χ0v) is 22.2. The van der Waals surface area contributed by atoms with Gasteiger partial charge in [0.05, 0.1) is 23.9 Å². The molecule has 1 aromatic carbocycles. The van der Waals surface area contributed by atoms with E-state index < -0.39 is 38.7 Å².